The Morgan fingerprint density at radius 2 is 1.83 bits per heavy atom. The van der Waals surface area contributed by atoms with Gasteiger partial charge in [0.05, 0.1) is 11.6 Å². The van der Waals surface area contributed by atoms with Gasteiger partial charge in [0.25, 0.3) is 5.91 Å². The highest BCUT2D eigenvalue weighted by Crippen LogP contribution is 2.34. The van der Waals surface area contributed by atoms with E-state index < -0.39 is 0 Å². The van der Waals surface area contributed by atoms with Crippen LogP contribution < -0.4 is 14.8 Å². The second-order valence-corrected chi connectivity index (χ2v) is 6.56. The van der Waals surface area contributed by atoms with Gasteiger partial charge in [0.1, 0.15) is 0 Å². The summed E-state index contributed by atoms with van der Waals surface area (Å²) in [5.74, 6) is 1.42. The monoisotopic (exact) mass is 328 g/mol. The maximum atomic E-state index is 12.7. The fourth-order valence-electron chi connectivity index (χ4n) is 3.34. The number of benzene rings is 1. The quantitative estimate of drug-likeness (QED) is 0.926. The zero-order chi connectivity index (χ0) is 17.4. The highest BCUT2D eigenvalue weighted by Gasteiger charge is 2.20. The molecule has 128 valence electrons. The number of carbonyl (C=O) groups is 1. The average Bonchev–Trinajstić information content (AvgIpc) is 3.10. The Balaban J connectivity index is 1.78. The van der Waals surface area contributed by atoms with Gasteiger partial charge < -0.3 is 19.4 Å². The molecule has 0 saturated heterocycles. The summed E-state index contributed by atoms with van der Waals surface area (Å²) in [6.07, 6.45) is 0. The van der Waals surface area contributed by atoms with Crippen molar-refractivity contribution < 1.29 is 14.3 Å². The van der Waals surface area contributed by atoms with Crippen molar-refractivity contribution in [2.45, 2.75) is 46.7 Å². The van der Waals surface area contributed by atoms with Gasteiger partial charge in [-0.05, 0) is 58.4 Å². The number of hydrogen-bond acceptors (Lipinski definition) is 3. The van der Waals surface area contributed by atoms with Gasteiger partial charge in [-0.2, -0.15) is 0 Å². The Hall–Kier alpha value is -2.43. The van der Waals surface area contributed by atoms with Crippen molar-refractivity contribution in [1.29, 1.82) is 0 Å². The van der Waals surface area contributed by atoms with Gasteiger partial charge in [0.2, 0.25) is 6.79 Å². The molecule has 0 spiro atoms. The van der Waals surface area contributed by atoms with Crippen LogP contribution in [0, 0.1) is 13.8 Å². The Labute approximate surface area is 142 Å². The number of fused-ring (bicyclic) bond motifs is 1. The van der Waals surface area contributed by atoms with E-state index in [1.165, 1.54) is 0 Å². The second kappa shape index (κ2) is 6.23. The van der Waals surface area contributed by atoms with Crippen LogP contribution in [0.3, 0.4) is 0 Å². The van der Waals surface area contributed by atoms with Gasteiger partial charge in [0, 0.05) is 17.4 Å². The Kier molecular flexibility index (Phi) is 4.26. The number of nitrogens with one attached hydrogen (secondary N) is 1. The summed E-state index contributed by atoms with van der Waals surface area (Å²) >= 11 is 0. The minimum absolute atomic E-state index is 0.0554. The number of hydrogen-bond donors (Lipinski definition) is 1. The van der Waals surface area contributed by atoms with Crippen molar-refractivity contribution in [3.63, 3.8) is 0 Å². The van der Waals surface area contributed by atoms with Crippen LogP contribution in [-0.2, 0) is 0 Å². The first-order valence-corrected chi connectivity index (χ1v) is 8.27. The van der Waals surface area contributed by atoms with E-state index in [1.807, 2.05) is 45.0 Å². The fraction of sp³-hybridized carbons (Fsp3) is 0.421. The predicted octanol–water partition coefficient (Wildman–Crippen LogP) is 3.91. The zero-order valence-electron chi connectivity index (χ0n) is 14.8. The molecule has 1 aliphatic heterocycles. The molecule has 1 unspecified atom stereocenters. The Morgan fingerprint density at radius 1 is 1.12 bits per heavy atom. The lowest BCUT2D eigenvalue weighted by Crippen LogP contribution is -2.27. The first-order valence-electron chi connectivity index (χ1n) is 8.27. The van der Waals surface area contributed by atoms with Crippen LogP contribution in [0.4, 0.5) is 0 Å². The molecule has 2 heterocycles. The minimum Gasteiger partial charge on any atom is -0.454 e. The normalized spacial score (nSPS) is 14.1. The number of ether oxygens (including phenoxy) is 2. The van der Waals surface area contributed by atoms with Crippen LogP contribution in [0.2, 0.25) is 0 Å². The van der Waals surface area contributed by atoms with E-state index in [1.54, 1.807) is 0 Å². The van der Waals surface area contributed by atoms with E-state index >= 15 is 0 Å². The maximum Gasteiger partial charge on any atom is 0.253 e. The largest absolute Gasteiger partial charge is 0.454 e. The van der Waals surface area contributed by atoms with Crippen LogP contribution in [0.25, 0.3) is 0 Å². The molecule has 24 heavy (non-hydrogen) atoms. The van der Waals surface area contributed by atoms with Crippen molar-refractivity contribution in [3.8, 4) is 11.5 Å². The number of amides is 1. The van der Waals surface area contributed by atoms with E-state index in [2.05, 4.69) is 23.7 Å². The summed E-state index contributed by atoms with van der Waals surface area (Å²) in [6.45, 7) is 10.5. The van der Waals surface area contributed by atoms with Gasteiger partial charge in [-0.3, -0.25) is 4.79 Å². The summed E-state index contributed by atoms with van der Waals surface area (Å²) < 4.78 is 12.9. The third-order valence-corrected chi connectivity index (χ3v) is 4.49. The van der Waals surface area contributed by atoms with Crippen LogP contribution in [0.5, 0.6) is 11.5 Å². The number of carbonyl (C=O) groups excluding carboxylic acids is 1. The molecule has 0 saturated carbocycles. The van der Waals surface area contributed by atoms with Gasteiger partial charge in [-0.25, -0.2) is 0 Å². The van der Waals surface area contributed by atoms with Crippen LogP contribution in [0.1, 0.15) is 60.2 Å². The number of aryl methyl sites for hydroxylation is 1. The van der Waals surface area contributed by atoms with Gasteiger partial charge >= 0.3 is 0 Å². The Bertz CT molecular complexity index is 777. The summed E-state index contributed by atoms with van der Waals surface area (Å²) in [6, 6.07) is 7.93. The van der Waals surface area contributed by atoms with Crippen LogP contribution >= 0.6 is 0 Å². The summed E-state index contributed by atoms with van der Waals surface area (Å²) in [4.78, 5) is 12.7. The second-order valence-electron chi connectivity index (χ2n) is 6.56. The molecule has 1 N–H and O–H groups in total. The first kappa shape index (κ1) is 16.4. The molecular weight excluding hydrogens is 304 g/mol. The molecule has 1 atom stereocenters. The Morgan fingerprint density at radius 3 is 2.50 bits per heavy atom. The molecule has 1 aliphatic rings. The molecule has 1 amide bonds. The van der Waals surface area contributed by atoms with E-state index in [-0.39, 0.29) is 18.7 Å². The molecule has 3 rings (SSSR count). The summed E-state index contributed by atoms with van der Waals surface area (Å²) in [5, 5.41) is 3.08. The van der Waals surface area contributed by atoms with Crippen molar-refractivity contribution in [2.24, 2.45) is 0 Å². The highest BCUT2D eigenvalue weighted by molar-refractivity contribution is 5.96. The topological polar surface area (TPSA) is 52.5 Å². The number of nitrogens with zero attached hydrogens (tertiary/aromatic N) is 1. The van der Waals surface area contributed by atoms with Crippen LogP contribution in [-0.4, -0.2) is 17.3 Å². The number of rotatable bonds is 4. The molecule has 0 aliphatic carbocycles. The molecule has 5 nitrogen and oxygen atoms in total. The van der Waals surface area contributed by atoms with E-state index in [4.69, 9.17) is 9.47 Å². The van der Waals surface area contributed by atoms with Crippen molar-refractivity contribution in [3.05, 3.63) is 46.8 Å². The summed E-state index contributed by atoms with van der Waals surface area (Å²) in [5.41, 5.74) is 3.82. The number of aromatic nitrogens is 1. The molecule has 1 aromatic heterocycles. The van der Waals surface area contributed by atoms with E-state index in [9.17, 15) is 4.79 Å². The van der Waals surface area contributed by atoms with Crippen molar-refractivity contribution in [2.75, 3.05) is 6.79 Å². The lowest BCUT2D eigenvalue weighted by atomic mass is 10.1. The maximum absolute atomic E-state index is 12.7. The third-order valence-electron chi connectivity index (χ3n) is 4.49. The molecule has 1 aromatic carbocycles. The van der Waals surface area contributed by atoms with Gasteiger partial charge in [-0.15, -0.1) is 0 Å². The van der Waals surface area contributed by atoms with Gasteiger partial charge in [-0.1, -0.05) is 6.07 Å². The molecule has 5 heteroatoms. The highest BCUT2D eigenvalue weighted by atomic mass is 16.7. The third kappa shape index (κ3) is 2.86. The molecule has 0 radical (unpaired) electrons. The standard InChI is InChI=1S/C19H24N2O3/c1-11(2)21-12(3)8-16(14(21)5)19(22)20-13(4)15-6-7-17-18(9-15)24-10-23-17/h6-9,11,13H,10H2,1-5H3,(H,20,22). The van der Waals surface area contributed by atoms with E-state index in [0.717, 1.165) is 34.0 Å². The summed E-state index contributed by atoms with van der Waals surface area (Å²) in [7, 11) is 0. The van der Waals surface area contributed by atoms with Crippen molar-refractivity contribution in [1.82, 2.24) is 9.88 Å². The fourth-order valence-corrected chi connectivity index (χ4v) is 3.34. The first-order chi connectivity index (χ1) is 11.4. The van der Waals surface area contributed by atoms with Crippen molar-refractivity contribution >= 4 is 5.91 Å². The smallest absolute Gasteiger partial charge is 0.253 e. The zero-order valence-corrected chi connectivity index (χ0v) is 14.8. The molecule has 0 fully saturated rings. The minimum atomic E-state index is -0.117. The average molecular weight is 328 g/mol. The lowest BCUT2D eigenvalue weighted by molar-refractivity contribution is 0.0939. The molecule has 2 aromatic rings. The molecular formula is C19H24N2O3. The van der Waals surface area contributed by atoms with Gasteiger partial charge in [0.15, 0.2) is 11.5 Å². The lowest BCUT2D eigenvalue weighted by Gasteiger charge is -2.16. The molecule has 0 bridgehead atoms. The van der Waals surface area contributed by atoms with E-state index in [0.29, 0.717) is 6.04 Å². The predicted molar refractivity (Wildman–Crippen MR) is 92.7 cm³/mol. The SMILES string of the molecule is Cc1cc(C(=O)NC(C)c2ccc3c(c2)OCO3)c(C)n1C(C)C. The van der Waals surface area contributed by atoms with Crippen LogP contribution in [0.15, 0.2) is 24.3 Å².